The van der Waals surface area contributed by atoms with E-state index in [9.17, 15) is 12.8 Å². The lowest BCUT2D eigenvalue weighted by molar-refractivity contribution is 0.592. The highest BCUT2D eigenvalue weighted by molar-refractivity contribution is 14.0. The Hall–Kier alpha value is -1.68. The van der Waals surface area contributed by atoms with Crippen molar-refractivity contribution >= 4 is 39.8 Å². The van der Waals surface area contributed by atoms with E-state index in [0.717, 1.165) is 12.0 Å². The van der Waals surface area contributed by atoms with E-state index in [1.54, 1.807) is 49.5 Å². The number of hydrogen-bond acceptors (Lipinski definition) is 3. The topological polar surface area (TPSA) is 70.6 Å². The van der Waals surface area contributed by atoms with Crippen molar-refractivity contribution in [1.82, 2.24) is 10.6 Å². The molecule has 0 saturated carbocycles. The Labute approximate surface area is 177 Å². The maximum absolute atomic E-state index is 12.9. The second-order valence-corrected chi connectivity index (χ2v) is 7.90. The van der Waals surface area contributed by atoms with Crippen LogP contribution in [0.3, 0.4) is 0 Å². The van der Waals surface area contributed by atoms with Gasteiger partial charge in [0.25, 0.3) is 0 Å². The molecule has 27 heavy (non-hydrogen) atoms. The molecule has 0 heterocycles. The van der Waals surface area contributed by atoms with Crippen molar-refractivity contribution < 1.29 is 12.8 Å². The standard InChI is InChI=1S/C19H24FN3O2S.HI/c1-21-19(23-14-12-16-8-10-17(20)11-9-16)22-13-5-15-26(24,25)18-6-3-2-4-7-18;/h2-4,6-11H,5,12-15H2,1H3,(H2,21,22,23);1H. The fourth-order valence-electron chi connectivity index (χ4n) is 2.41. The van der Waals surface area contributed by atoms with Crippen LogP contribution in [0.5, 0.6) is 0 Å². The zero-order valence-electron chi connectivity index (χ0n) is 15.2. The molecule has 2 rings (SSSR count). The van der Waals surface area contributed by atoms with Crippen LogP contribution in [0.2, 0.25) is 0 Å². The molecule has 0 atom stereocenters. The minimum atomic E-state index is -3.25. The van der Waals surface area contributed by atoms with Gasteiger partial charge in [0.05, 0.1) is 10.6 Å². The number of rotatable bonds is 8. The number of nitrogens with one attached hydrogen (secondary N) is 2. The van der Waals surface area contributed by atoms with E-state index in [-0.39, 0.29) is 35.5 Å². The van der Waals surface area contributed by atoms with E-state index in [1.165, 1.54) is 12.1 Å². The molecule has 148 valence electrons. The second kappa shape index (κ2) is 11.9. The lowest BCUT2D eigenvalue weighted by Crippen LogP contribution is -2.39. The Bertz CT molecular complexity index is 813. The van der Waals surface area contributed by atoms with Crippen molar-refractivity contribution in [3.63, 3.8) is 0 Å². The lowest BCUT2D eigenvalue weighted by Gasteiger charge is -2.12. The number of hydrogen-bond donors (Lipinski definition) is 2. The summed E-state index contributed by atoms with van der Waals surface area (Å²) < 4.78 is 37.3. The van der Waals surface area contributed by atoms with Crippen molar-refractivity contribution in [2.45, 2.75) is 17.7 Å². The highest BCUT2D eigenvalue weighted by Crippen LogP contribution is 2.10. The molecule has 0 unspecified atom stereocenters. The molecule has 0 aliphatic carbocycles. The molecule has 0 aromatic heterocycles. The number of halogens is 2. The largest absolute Gasteiger partial charge is 0.356 e. The van der Waals surface area contributed by atoms with Crippen molar-refractivity contribution in [3.05, 3.63) is 66.0 Å². The Kier molecular flexibility index (Phi) is 10.3. The van der Waals surface area contributed by atoms with Gasteiger partial charge in [-0.2, -0.15) is 0 Å². The smallest absolute Gasteiger partial charge is 0.190 e. The average molecular weight is 505 g/mol. The third kappa shape index (κ3) is 8.25. The van der Waals surface area contributed by atoms with E-state index in [2.05, 4.69) is 15.6 Å². The van der Waals surface area contributed by atoms with Gasteiger partial charge < -0.3 is 10.6 Å². The summed E-state index contributed by atoms with van der Waals surface area (Å²) in [5.74, 6) is 0.449. The molecular formula is C19H25FIN3O2S. The van der Waals surface area contributed by atoms with Gasteiger partial charge in [-0.15, -0.1) is 24.0 Å². The third-order valence-electron chi connectivity index (χ3n) is 3.83. The molecule has 5 nitrogen and oxygen atoms in total. The fourth-order valence-corrected chi connectivity index (χ4v) is 3.74. The number of aliphatic imine (C=N–C) groups is 1. The predicted octanol–water partition coefficient (Wildman–Crippen LogP) is 3.02. The van der Waals surface area contributed by atoms with Crippen LogP contribution in [-0.4, -0.2) is 40.3 Å². The van der Waals surface area contributed by atoms with Gasteiger partial charge >= 0.3 is 0 Å². The summed E-state index contributed by atoms with van der Waals surface area (Å²) in [4.78, 5) is 4.46. The number of nitrogens with zero attached hydrogens (tertiary/aromatic N) is 1. The Morgan fingerprint density at radius 3 is 2.26 bits per heavy atom. The van der Waals surface area contributed by atoms with Crippen LogP contribution < -0.4 is 10.6 Å². The van der Waals surface area contributed by atoms with E-state index in [4.69, 9.17) is 0 Å². The van der Waals surface area contributed by atoms with Gasteiger partial charge in [0.15, 0.2) is 15.8 Å². The first-order chi connectivity index (χ1) is 12.5. The quantitative estimate of drug-likeness (QED) is 0.251. The zero-order chi connectivity index (χ0) is 18.8. The molecule has 0 bridgehead atoms. The van der Waals surface area contributed by atoms with Crippen LogP contribution >= 0.6 is 24.0 Å². The van der Waals surface area contributed by atoms with Gasteiger partial charge in [-0.25, -0.2) is 12.8 Å². The van der Waals surface area contributed by atoms with Gasteiger partial charge in [0.1, 0.15) is 5.82 Å². The minimum absolute atomic E-state index is 0. The zero-order valence-corrected chi connectivity index (χ0v) is 18.3. The average Bonchev–Trinajstić information content (AvgIpc) is 2.66. The van der Waals surface area contributed by atoms with Gasteiger partial charge in [0, 0.05) is 20.1 Å². The molecule has 2 aromatic rings. The Morgan fingerprint density at radius 2 is 1.63 bits per heavy atom. The minimum Gasteiger partial charge on any atom is -0.356 e. The molecule has 0 spiro atoms. The molecule has 0 aliphatic rings. The molecule has 2 aromatic carbocycles. The van der Waals surface area contributed by atoms with Crippen molar-refractivity contribution in [2.75, 3.05) is 25.9 Å². The maximum atomic E-state index is 12.9. The molecule has 8 heteroatoms. The first-order valence-corrected chi connectivity index (χ1v) is 10.1. The van der Waals surface area contributed by atoms with Gasteiger partial charge in [-0.05, 0) is 42.7 Å². The van der Waals surface area contributed by atoms with Crippen LogP contribution in [-0.2, 0) is 16.3 Å². The fraction of sp³-hybridized carbons (Fsp3) is 0.316. The van der Waals surface area contributed by atoms with Gasteiger partial charge in [0.2, 0.25) is 0 Å². The number of guanidine groups is 1. The molecule has 0 amide bonds. The second-order valence-electron chi connectivity index (χ2n) is 5.79. The van der Waals surface area contributed by atoms with E-state index in [1.807, 2.05) is 0 Å². The molecular weight excluding hydrogens is 480 g/mol. The van der Waals surface area contributed by atoms with Crippen molar-refractivity contribution in [1.29, 1.82) is 0 Å². The molecule has 2 N–H and O–H groups in total. The maximum Gasteiger partial charge on any atom is 0.190 e. The van der Waals surface area contributed by atoms with Gasteiger partial charge in [-0.3, -0.25) is 4.99 Å². The molecule has 0 radical (unpaired) electrons. The Balaban J connectivity index is 0.00000364. The summed E-state index contributed by atoms with van der Waals surface area (Å²) >= 11 is 0. The summed E-state index contributed by atoms with van der Waals surface area (Å²) in [5, 5.41) is 6.26. The molecule has 0 fully saturated rings. The van der Waals surface area contributed by atoms with Crippen molar-refractivity contribution in [3.8, 4) is 0 Å². The normalized spacial score (nSPS) is 11.6. The number of benzene rings is 2. The highest BCUT2D eigenvalue weighted by Gasteiger charge is 2.13. The molecule has 0 aliphatic heterocycles. The number of sulfone groups is 1. The van der Waals surface area contributed by atoms with Crippen LogP contribution in [0, 0.1) is 5.82 Å². The van der Waals surface area contributed by atoms with Crippen LogP contribution in [0.25, 0.3) is 0 Å². The van der Waals surface area contributed by atoms with E-state index in [0.29, 0.717) is 30.4 Å². The van der Waals surface area contributed by atoms with E-state index < -0.39 is 9.84 Å². The first kappa shape index (κ1) is 23.4. The lowest BCUT2D eigenvalue weighted by atomic mass is 10.1. The third-order valence-corrected chi connectivity index (χ3v) is 5.64. The monoisotopic (exact) mass is 505 g/mol. The SMILES string of the molecule is CN=C(NCCCS(=O)(=O)c1ccccc1)NCCc1ccc(F)cc1.I. The van der Waals surface area contributed by atoms with Crippen LogP contribution in [0.4, 0.5) is 4.39 Å². The summed E-state index contributed by atoms with van der Waals surface area (Å²) in [6.45, 7) is 1.15. The Morgan fingerprint density at radius 1 is 1.00 bits per heavy atom. The summed E-state index contributed by atoms with van der Waals surface area (Å²) in [7, 11) is -1.59. The van der Waals surface area contributed by atoms with Crippen molar-refractivity contribution in [2.24, 2.45) is 4.99 Å². The summed E-state index contributed by atoms with van der Waals surface area (Å²) in [6.07, 6.45) is 1.22. The summed E-state index contributed by atoms with van der Waals surface area (Å²) in [5.41, 5.74) is 1.03. The molecule has 0 saturated heterocycles. The predicted molar refractivity (Wildman–Crippen MR) is 118 cm³/mol. The first-order valence-electron chi connectivity index (χ1n) is 8.48. The van der Waals surface area contributed by atoms with Crippen LogP contribution in [0.15, 0.2) is 64.5 Å². The van der Waals surface area contributed by atoms with Crippen LogP contribution in [0.1, 0.15) is 12.0 Å². The highest BCUT2D eigenvalue weighted by atomic mass is 127. The van der Waals surface area contributed by atoms with Gasteiger partial charge in [-0.1, -0.05) is 30.3 Å². The van der Waals surface area contributed by atoms with E-state index >= 15 is 0 Å². The summed E-state index contributed by atoms with van der Waals surface area (Å²) in [6, 6.07) is 14.8.